The van der Waals surface area contributed by atoms with E-state index in [0.717, 1.165) is 39.0 Å². The Hall–Kier alpha value is -6.16. The molecule has 1 aliphatic carbocycles. The van der Waals surface area contributed by atoms with Crippen molar-refractivity contribution in [3.05, 3.63) is 175 Å². The summed E-state index contributed by atoms with van der Waals surface area (Å²) in [6, 6.07) is 59.9. The molecule has 0 amide bonds. The zero-order chi connectivity index (χ0) is 34.6. The molecule has 246 valence electrons. The van der Waals surface area contributed by atoms with E-state index in [4.69, 9.17) is 4.42 Å². The summed E-state index contributed by atoms with van der Waals surface area (Å²) in [6.45, 7) is 4.67. The lowest BCUT2D eigenvalue weighted by molar-refractivity contribution is 0.660. The summed E-state index contributed by atoms with van der Waals surface area (Å²) >= 11 is 1.89. The number of hydrogen-bond donors (Lipinski definition) is 0. The third kappa shape index (κ3) is 4.23. The molecule has 0 saturated carbocycles. The average molecular weight is 684 g/mol. The van der Waals surface area contributed by atoms with Crippen LogP contribution in [0.1, 0.15) is 25.0 Å². The molecular formula is C49H33NOS. The Labute approximate surface area is 305 Å². The molecule has 3 heteroatoms. The van der Waals surface area contributed by atoms with Crippen LogP contribution in [0.2, 0.25) is 0 Å². The van der Waals surface area contributed by atoms with E-state index in [1.165, 1.54) is 64.3 Å². The van der Waals surface area contributed by atoms with Gasteiger partial charge in [0.2, 0.25) is 0 Å². The Morgan fingerprint density at radius 1 is 0.481 bits per heavy atom. The van der Waals surface area contributed by atoms with Crippen molar-refractivity contribution in [3.8, 4) is 22.3 Å². The van der Waals surface area contributed by atoms with Crippen LogP contribution in [0.25, 0.3) is 75.1 Å². The number of thiophene rings is 1. The van der Waals surface area contributed by atoms with Gasteiger partial charge in [-0.15, -0.1) is 11.3 Å². The van der Waals surface area contributed by atoms with E-state index in [0.29, 0.717) is 0 Å². The van der Waals surface area contributed by atoms with E-state index in [9.17, 15) is 0 Å². The number of fused-ring (bicyclic) bond motifs is 11. The van der Waals surface area contributed by atoms with Gasteiger partial charge in [-0.2, -0.15) is 0 Å². The molecule has 0 radical (unpaired) electrons. The molecule has 0 fully saturated rings. The van der Waals surface area contributed by atoms with Crippen LogP contribution in [-0.2, 0) is 5.41 Å². The summed E-state index contributed by atoms with van der Waals surface area (Å²) in [6.07, 6.45) is 0. The molecule has 52 heavy (non-hydrogen) atoms. The van der Waals surface area contributed by atoms with Crippen LogP contribution in [-0.4, -0.2) is 0 Å². The largest absolute Gasteiger partial charge is 0.456 e. The van der Waals surface area contributed by atoms with E-state index in [1.807, 2.05) is 23.5 Å². The first-order valence-corrected chi connectivity index (χ1v) is 18.7. The van der Waals surface area contributed by atoms with E-state index >= 15 is 0 Å². The van der Waals surface area contributed by atoms with Crippen LogP contribution < -0.4 is 4.90 Å². The van der Waals surface area contributed by atoms with Crippen LogP contribution >= 0.6 is 11.3 Å². The second-order valence-electron chi connectivity index (χ2n) is 14.5. The second kappa shape index (κ2) is 10.9. The number of rotatable bonds is 4. The SMILES string of the molecule is CC1(C)c2ccccc2-c2cc(N(c3ccc(-c4cc5ccccc5c5c4sc4ccccc45)cc3)c3ccc4c(c3)oc3ccccc34)ccc21. The maximum atomic E-state index is 6.42. The second-order valence-corrected chi connectivity index (χ2v) is 15.6. The monoisotopic (exact) mass is 683 g/mol. The summed E-state index contributed by atoms with van der Waals surface area (Å²) in [4.78, 5) is 2.38. The van der Waals surface area contributed by atoms with E-state index in [-0.39, 0.29) is 5.41 Å². The molecule has 0 bridgehead atoms. The highest BCUT2D eigenvalue weighted by Crippen LogP contribution is 2.51. The van der Waals surface area contributed by atoms with Gasteiger partial charge >= 0.3 is 0 Å². The van der Waals surface area contributed by atoms with Crippen molar-refractivity contribution in [1.29, 1.82) is 0 Å². The van der Waals surface area contributed by atoms with Crippen LogP contribution in [0.3, 0.4) is 0 Å². The Morgan fingerprint density at radius 2 is 1.13 bits per heavy atom. The fourth-order valence-electron chi connectivity index (χ4n) is 8.73. The van der Waals surface area contributed by atoms with Gasteiger partial charge in [-0.3, -0.25) is 0 Å². The van der Waals surface area contributed by atoms with Crippen molar-refractivity contribution in [2.45, 2.75) is 19.3 Å². The number of furan rings is 1. The summed E-state index contributed by atoms with van der Waals surface area (Å²) in [7, 11) is 0. The highest BCUT2D eigenvalue weighted by atomic mass is 32.1. The van der Waals surface area contributed by atoms with Gasteiger partial charge in [0.1, 0.15) is 11.2 Å². The maximum absolute atomic E-state index is 6.42. The highest BCUT2D eigenvalue weighted by Gasteiger charge is 2.35. The zero-order valence-electron chi connectivity index (χ0n) is 28.9. The normalized spacial score (nSPS) is 13.3. The predicted molar refractivity (Wildman–Crippen MR) is 222 cm³/mol. The molecule has 0 unspecified atom stereocenters. The smallest absolute Gasteiger partial charge is 0.137 e. The lowest BCUT2D eigenvalue weighted by Crippen LogP contribution is -2.15. The topological polar surface area (TPSA) is 16.4 Å². The van der Waals surface area contributed by atoms with E-state index < -0.39 is 0 Å². The molecule has 1 aliphatic rings. The number of para-hydroxylation sites is 1. The van der Waals surface area contributed by atoms with Crippen molar-refractivity contribution < 1.29 is 4.42 Å². The number of hydrogen-bond acceptors (Lipinski definition) is 3. The van der Waals surface area contributed by atoms with Gasteiger partial charge in [-0.05, 0) is 93.2 Å². The van der Waals surface area contributed by atoms with E-state index in [1.54, 1.807) is 0 Å². The van der Waals surface area contributed by atoms with E-state index in [2.05, 4.69) is 170 Å². The molecular weight excluding hydrogens is 651 g/mol. The average Bonchev–Trinajstić information content (AvgIpc) is 3.83. The minimum Gasteiger partial charge on any atom is -0.456 e. The van der Waals surface area contributed by atoms with Crippen molar-refractivity contribution in [3.63, 3.8) is 0 Å². The van der Waals surface area contributed by atoms with Crippen LogP contribution in [0.15, 0.2) is 168 Å². The number of nitrogens with zero attached hydrogens (tertiary/aromatic N) is 1. The Balaban J connectivity index is 1.10. The molecule has 2 heterocycles. The van der Waals surface area contributed by atoms with Crippen LogP contribution in [0.4, 0.5) is 17.1 Å². The Kier molecular flexibility index (Phi) is 6.21. The molecule has 0 atom stereocenters. The van der Waals surface area contributed by atoms with Gasteiger partial charge in [-0.25, -0.2) is 0 Å². The zero-order valence-corrected chi connectivity index (χ0v) is 29.7. The highest BCUT2D eigenvalue weighted by molar-refractivity contribution is 7.26. The molecule has 0 saturated heterocycles. The Morgan fingerprint density at radius 3 is 2.02 bits per heavy atom. The summed E-state index contributed by atoms with van der Waals surface area (Å²) in [5, 5.41) is 7.51. The minimum atomic E-state index is -0.0537. The third-order valence-electron chi connectivity index (χ3n) is 11.3. The first-order chi connectivity index (χ1) is 25.5. The molecule has 10 aromatic rings. The van der Waals surface area contributed by atoms with Crippen LogP contribution in [0.5, 0.6) is 0 Å². The third-order valence-corrected chi connectivity index (χ3v) is 12.5. The summed E-state index contributed by atoms with van der Waals surface area (Å²) < 4.78 is 9.07. The molecule has 2 aromatic heterocycles. The quantitative estimate of drug-likeness (QED) is 0.184. The van der Waals surface area contributed by atoms with Gasteiger partial charge in [0, 0.05) is 65.1 Å². The van der Waals surface area contributed by atoms with Gasteiger partial charge in [0.15, 0.2) is 0 Å². The fourth-order valence-corrected chi connectivity index (χ4v) is 9.98. The summed E-state index contributed by atoms with van der Waals surface area (Å²) in [5.74, 6) is 0. The fraction of sp³-hybridized carbons (Fsp3) is 0.0612. The number of anilines is 3. The van der Waals surface area contributed by atoms with Gasteiger partial charge < -0.3 is 9.32 Å². The molecule has 0 spiro atoms. The number of benzene rings is 8. The lowest BCUT2D eigenvalue weighted by Gasteiger charge is -2.27. The van der Waals surface area contributed by atoms with Crippen molar-refractivity contribution >= 4 is 81.3 Å². The van der Waals surface area contributed by atoms with Crippen molar-refractivity contribution in [2.75, 3.05) is 4.90 Å². The molecule has 8 aromatic carbocycles. The van der Waals surface area contributed by atoms with Crippen LogP contribution in [0, 0.1) is 0 Å². The summed E-state index contributed by atoms with van der Waals surface area (Å²) in [5.41, 5.74) is 12.9. The maximum Gasteiger partial charge on any atom is 0.137 e. The Bertz CT molecular complexity index is 3050. The van der Waals surface area contributed by atoms with Crippen molar-refractivity contribution in [2.24, 2.45) is 0 Å². The lowest BCUT2D eigenvalue weighted by atomic mass is 9.82. The first-order valence-electron chi connectivity index (χ1n) is 17.9. The van der Waals surface area contributed by atoms with Crippen molar-refractivity contribution in [1.82, 2.24) is 0 Å². The molecule has 0 aliphatic heterocycles. The minimum absolute atomic E-state index is 0.0537. The standard InChI is InChI=1S/C49H33NOS/c1-49(2)42-16-8-5-13-36(42)41-28-33(24-26-43(41)49)50(34-23-25-38-37-14-6-9-17-44(37)51-45(38)29-34)32-21-19-30(20-22-32)40-27-31-11-3-4-12-35(31)47-39-15-7-10-18-46(39)52-48(40)47/h3-29H,1-2H3. The molecule has 0 N–H and O–H groups in total. The molecule has 11 rings (SSSR count). The predicted octanol–water partition coefficient (Wildman–Crippen LogP) is 14.6. The molecule has 2 nitrogen and oxygen atoms in total. The van der Waals surface area contributed by atoms with Gasteiger partial charge in [0.05, 0.1) is 0 Å². The van der Waals surface area contributed by atoms with Gasteiger partial charge in [-0.1, -0.05) is 117 Å². The first kappa shape index (κ1) is 29.6. The van der Waals surface area contributed by atoms with Gasteiger partial charge in [0.25, 0.3) is 0 Å².